The summed E-state index contributed by atoms with van der Waals surface area (Å²) in [6.07, 6.45) is -14.7. The lowest BCUT2D eigenvalue weighted by Gasteiger charge is -2.67. The van der Waals surface area contributed by atoms with Crippen molar-refractivity contribution in [2.24, 2.45) is 16.7 Å². The second-order valence-electron chi connectivity index (χ2n) is 23.6. The smallest absolute Gasteiger partial charge is 0.333 e. The van der Waals surface area contributed by atoms with E-state index in [1.54, 1.807) is 54.7 Å². The molecule has 4 aliphatic heterocycles. The molecule has 4 heterocycles. The van der Waals surface area contributed by atoms with Crippen molar-refractivity contribution in [2.45, 2.75) is 266 Å². The van der Waals surface area contributed by atoms with Crippen LogP contribution in [0.2, 0.25) is 0 Å². The molecular formula is C55H88O23. The fraction of sp³-hybridized carbons (Fsp3) is 0.891. The number of hydrogen-bond donors (Lipinski definition) is 8. The number of esters is 2. The van der Waals surface area contributed by atoms with E-state index >= 15 is 0 Å². The molecule has 3 saturated carbocycles. The van der Waals surface area contributed by atoms with Crippen LogP contribution in [0.1, 0.15) is 120 Å². The molecule has 23 heteroatoms. The highest BCUT2D eigenvalue weighted by molar-refractivity contribution is 5.87. The van der Waals surface area contributed by atoms with Crippen molar-refractivity contribution in [3.63, 3.8) is 0 Å². The summed E-state index contributed by atoms with van der Waals surface area (Å²) in [5, 5.41) is 91.1. The van der Waals surface area contributed by atoms with E-state index in [-0.39, 0.29) is 38.2 Å². The normalized spacial score (nSPS) is 50.1. The number of aliphatic hydroxyl groups is 8. The summed E-state index contributed by atoms with van der Waals surface area (Å²) in [5.41, 5.74) is -6.41. The number of ether oxygens (including phenoxy) is 13. The Morgan fingerprint density at radius 3 is 1.91 bits per heavy atom. The van der Waals surface area contributed by atoms with Crippen LogP contribution in [0.25, 0.3) is 0 Å². The Hall–Kier alpha value is -2.34. The van der Waals surface area contributed by atoms with Gasteiger partial charge in [0.05, 0.1) is 48.6 Å². The number of hydrogen-bond acceptors (Lipinski definition) is 23. The summed E-state index contributed by atoms with van der Waals surface area (Å²) in [6.45, 7) is 14.6. The molecule has 27 atom stereocenters. The number of allylic oxidation sites excluding steroid dienone is 1. The van der Waals surface area contributed by atoms with Gasteiger partial charge in [-0.15, -0.1) is 0 Å². The van der Waals surface area contributed by atoms with Crippen LogP contribution in [0.5, 0.6) is 0 Å². The van der Waals surface area contributed by atoms with Crippen LogP contribution in [0.4, 0.5) is 0 Å². The highest BCUT2D eigenvalue weighted by Crippen LogP contribution is 2.71. The number of rotatable bonds is 16. The van der Waals surface area contributed by atoms with Gasteiger partial charge in [-0.25, -0.2) is 4.79 Å². The fourth-order valence-electron chi connectivity index (χ4n) is 14.7. The van der Waals surface area contributed by atoms with Gasteiger partial charge >= 0.3 is 11.9 Å². The first-order valence-electron chi connectivity index (χ1n) is 27.7. The maximum atomic E-state index is 13.1. The first-order chi connectivity index (χ1) is 36.7. The summed E-state index contributed by atoms with van der Waals surface area (Å²) in [4.78, 5) is 25.8. The summed E-state index contributed by atoms with van der Waals surface area (Å²) in [6, 6.07) is 0. The Morgan fingerprint density at radius 1 is 0.731 bits per heavy atom. The van der Waals surface area contributed by atoms with Gasteiger partial charge in [0.2, 0.25) is 0 Å². The third-order valence-corrected chi connectivity index (χ3v) is 19.6. The average molecular weight is 1120 g/mol. The van der Waals surface area contributed by atoms with Gasteiger partial charge in [0, 0.05) is 52.6 Å². The van der Waals surface area contributed by atoms with Crippen molar-refractivity contribution < 1.29 is 112 Å². The molecule has 4 saturated heterocycles. The predicted octanol–water partition coefficient (Wildman–Crippen LogP) is 1.11. The minimum atomic E-state index is -1.94. The lowest BCUT2D eigenvalue weighted by atomic mass is 9.42. The zero-order valence-electron chi connectivity index (χ0n) is 47.1. The molecule has 4 aliphatic carbocycles. The van der Waals surface area contributed by atoms with Crippen LogP contribution in [-0.4, -0.2) is 226 Å². The highest BCUT2D eigenvalue weighted by Gasteiger charge is 2.81. The molecule has 0 aromatic rings. The van der Waals surface area contributed by atoms with E-state index in [2.05, 4.69) is 6.92 Å². The Morgan fingerprint density at radius 2 is 1.32 bits per heavy atom. The van der Waals surface area contributed by atoms with Crippen molar-refractivity contribution in [1.29, 1.82) is 0 Å². The van der Waals surface area contributed by atoms with Gasteiger partial charge < -0.3 is 102 Å². The van der Waals surface area contributed by atoms with E-state index < -0.39 is 175 Å². The number of methoxy groups -OCH3 is 3. The van der Waals surface area contributed by atoms with E-state index in [1.165, 1.54) is 21.1 Å². The maximum Gasteiger partial charge on any atom is 0.333 e. The topological polar surface area (TPSA) is 316 Å². The van der Waals surface area contributed by atoms with Gasteiger partial charge in [0.25, 0.3) is 0 Å². The van der Waals surface area contributed by atoms with Crippen LogP contribution < -0.4 is 0 Å². The molecule has 27 unspecified atom stereocenters. The van der Waals surface area contributed by atoms with E-state index in [1.807, 2.05) is 13.0 Å². The molecule has 0 radical (unpaired) electrons. The number of aliphatic hydroxyl groups excluding tert-OH is 5. The molecule has 78 heavy (non-hydrogen) atoms. The standard InChI is InChI=1S/C55H88O23/c1-13-25(2)48(62)72-29(6)53(63)18-19-55(65)52(53,9)37(73-30(7)57)23-36-51(8)16-15-32(20-31(51)14-17-54(36,55)64)74-38-21-33(66-10)44(26(3)69-38)76-39-22-34(67-11)45(27(4)70-39)77-50-43(61)47(68-12)46(28(5)71-50)78-49-42(60)41(59)40(58)35(24-56)75-49/h13-14,26-29,32-47,49-50,56,58-61,63-65H,15-24H2,1-12H3. The van der Waals surface area contributed by atoms with Crippen molar-refractivity contribution in [2.75, 3.05) is 27.9 Å². The number of fused-ring (bicyclic) bond motifs is 5. The maximum absolute atomic E-state index is 13.1. The Bertz CT molecular complexity index is 2160. The fourth-order valence-corrected chi connectivity index (χ4v) is 14.7. The van der Waals surface area contributed by atoms with Gasteiger partial charge in [-0.05, 0) is 91.9 Å². The molecule has 8 aliphatic rings. The number of carbonyl (C=O) groups is 2. The van der Waals surface area contributed by atoms with Crippen LogP contribution in [0.15, 0.2) is 23.3 Å². The first kappa shape index (κ1) is 61.7. The summed E-state index contributed by atoms with van der Waals surface area (Å²) >= 11 is 0. The van der Waals surface area contributed by atoms with Gasteiger partial charge in [-0.2, -0.15) is 0 Å². The largest absolute Gasteiger partial charge is 0.462 e. The zero-order valence-corrected chi connectivity index (χ0v) is 47.1. The van der Waals surface area contributed by atoms with Gasteiger partial charge in [0.15, 0.2) is 25.2 Å². The molecule has 446 valence electrons. The first-order valence-corrected chi connectivity index (χ1v) is 27.7. The second-order valence-corrected chi connectivity index (χ2v) is 23.6. The van der Waals surface area contributed by atoms with Gasteiger partial charge in [0.1, 0.15) is 83.9 Å². The molecule has 0 aromatic carbocycles. The van der Waals surface area contributed by atoms with E-state index in [9.17, 15) is 50.4 Å². The van der Waals surface area contributed by atoms with E-state index in [0.29, 0.717) is 31.3 Å². The summed E-state index contributed by atoms with van der Waals surface area (Å²) in [7, 11) is 4.49. The molecule has 8 rings (SSSR count). The monoisotopic (exact) mass is 1120 g/mol. The second kappa shape index (κ2) is 23.7. The SMILES string of the molecule is CC=C(C)C(=O)OC(C)C1(O)CCC2(O)C3(O)CC=C4CC(OC5CC(OC)C(OC6CC(OC)C(OC7OC(C)C(OC8OC(CO)C(O)C(O)C8O)C(OC)C7O)C(C)O6)C(C)O5)CCC4(C)C3CC(OC(C)=O)C12C. The third-order valence-electron chi connectivity index (χ3n) is 19.6. The molecule has 23 nitrogen and oxygen atoms in total. The van der Waals surface area contributed by atoms with Crippen molar-refractivity contribution in [1.82, 2.24) is 0 Å². The van der Waals surface area contributed by atoms with E-state index in [4.69, 9.17) is 61.6 Å². The lowest BCUT2D eigenvalue weighted by Crippen LogP contribution is -2.78. The third kappa shape index (κ3) is 10.6. The minimum absolute atomic E-state index is 0.0109. The highest BCUT2D eigenvalue weighted by atomic mass is 16.8. The van der Waals surface area contributed by atoms with Crippen molar-refractivity contribution in [3.8, 4) is 0 Å². The van der Waals surface area contributed by atoms with Gasteiger partial charge in [-0.3, -0.25) is 4.79 Å². The Labute approximate surface area is 456 Å². The molecule has 0 bridgehead atoms. The van der Waals surface area contributed by atoms with Gasteiger partial charge in [-0.1, -0.05) is 31.6 Å². The predicted molar refractivity (Wildman–Crippen MR) is 269 cm³/mol. The Kier molecular flexibility index (Phi) is 18.8. The number of carbonyl (C=O) groups excluding carboxylic acids is 2. The van der Waals surface area contributed by atoms with Crippen molar-refractivity contribution >= 4 is 11.9 Å². The molecule has 8 N–H and O–H groups in total. The van der Waals surface area contributed by atoms with Crippen LogP contribution in [-0.2, 0) is 71.2 Å². The lowest BCUT2D eigenvalue weighted by molar-refractivity contribution is -0.373. The molecule has 0 spiro atoms. The van der Waals surface area contributed by atoms with Crippen LogP contribution in [0.3, 0.4) is 0 Å². The molecule has 7 fully saturated rings. The zero-order chi connectivity index (χ0) is 57.2. The molecule has 0 aromatic heterocycles. The Balaban J connectivity index is 0.882. The van der Waals surface area contributed by atoms with E-state index in [0.717, 1.165) is 5.57 Å². The summed E-state index contributed by atoms with van der Waals surface area (Å²) < 4.78 is 79.7. The van der Waals surface area contributed by atoms with Crippen molar-refractivity contribution in [3.05, 3.63) is 23.3 Å². The average Bonchev–Trinajstić information content (AvgIpc) is 2.63. The summed E-state index contributed by atoms with van der Waals surface area (Å²) in [5.74, 6) is -1.79. The quantitative estimate of drug-likeness (QED) is 0.0610. The molecular weight excluding hydrogens is 1030 g/mol. The van der Waals surface area contributed by atoms with Crippen LogP contribution >= 0.6 is 0 Å². The molecule has 0 amide bonds. The minimum Gasteiger partial charge on any atom is -0.462 e. The van der Waals surface area contributed by atoms with Crippen LogP contribution in [0, 0.1) is 16.7 Å².